The van der Waals surface area contributed by atoms with Crippen LogP contribution in [0.5, 0.6) is 0 Å². The Balaban J connectivity index is 1.19. The fraction of sp³-hybridized carbons (Fsp3) is 0. The van der Waals surface area contributed by atoms with E-state index < -0.39 is 0 Å². The van der Waals surface area contributed by atoms with Gasteiger partial charge in [0.05, 0.1) is 16.7 Å². The zero-order valence-electron chi connectivity index (χ0n) is 33.7. The van der Waals surface area contributed by atoms with Gasteiger partial charge >= 0.3 is 0 Å². The van der Waals surface area contributed by atoms with Crippen molar-refractivity contribution in [2.45, 2.75) is 0 Å². The lowest BCUT2D eigenvalue weighted by atomic mass is 9.92. The molecule has 11 aromatic rings. The molecule has 0 aliphatic rings. The predicted octanol–water partition coefficient (Wildman–Crippen LogP) is 14.2. The van der Waals surface area contributed by atoms with Crippen LogP contribution in [0, 0.1) is 0 Å². The fourth-order valence-corrected chi connectivity index (χ4v) is 8.56. The molecule has 292 valence electrons. The number of nitrogen functional groups attached to an aromatic ring is 1. The zero-order chi connectivity index (χ0) is 41.4. The largest absolute Gasteiger partial charge is 0.399 e. The van der Waals surface area contributed by atoms with Gasteiger partial charge in [-0.25, -0.2) is 15.0 Å². The van der Waals surface area contributed by atoms with Gasteiger partial charge in [-0.2, -0.15) is 0 Å². The summed E-state index contributed by atoms with van der Waals surface area (Å²) in [5.74, 6) is 1.80. The molecule has 2 aromatic heterocycles. The number of aromatic nitrogens is 4. The first-order valence-corrected chi connectivity index (χ1v) is 20.8. The molecule has 9 aromatic carbocycles. The van der Waals surface area contributed by atoms with E-state index in [0.717, 1.165) is 94.4 Å². The predicted molar refractivity (Wildman–Crippen MR) is 257 cm³/mol. The summed E-state index contributed by atoms with van der Waals surface area (Å²) < 4.78 is 2.41. The van der Waals surface area contributed by atoms with E-state index in [1.54, 1.807) is 0 Å². The van der Waals surface area contributed by atoms with Gasteiger partial charge in [0.25, 0.3) is 0 Å². The highest BCUT2D eigenvalue weighted by Gasteiger charge is 2.23. The van der Waals surface area contributed by atoms with Crippen molar-refractivity contribution in [3.05, 3.63) is 224 Å². The Morgan fingerprint density at radius 2 is 0.645 bits per heavy atom. The molecule has 0 fully saturated rings. The summed E-state index contributed by atoms with van der Waals surface area (Å²) in [6, 6.07) is 78.3. The van der Waals surface area contributed by atoms with E-state index in [1.165, 1.54) is 0 Å². The molecular weight excluding hydrogens is 755 g/mol. The maximum atomic E-state index is 6.55. The molecule has 0 aliphatic carbocycles. The number of hydrogen-bond donors (Lipinski definition) is 1. The second-order valence-corrected chi connectivity index (χ2v) is 15.5. The van der Waals surface area contributed by atoms with Crippen LogP contribution in [0.4, 0.5) is 5.69 Å². The summed E-state index contributed by atoms with van der Waals surface area (Å²) in [7, 11) is 0. The molecular formula is C57H39N5. The Morgan fingerprint density at radius 3 is 1.16 bits per heavy atom. The van der Waals surface area contributed by atoms with E-state index in [-0.39, 0.29) is 0 Å². The summed E-state index contributed by atoms with van der Waals surface area (Å²) in [5, 5.41) is 2.22. The van der Waals surface area contributed by atoms with Crippen molar-refractivity contribution in [2.75, 3.05) is 5.73 Å². The van der Waals surface area contributed by atoms with Gasteiger partial charge in [-0.15, -0.1) is 0 Å². The van der Waals surface area contributed by atoms with E-state index in [4.69, 9.17) is 20.7 Å². The Morgan fingerprint density at radius 1 is 0.290 bits per heavy atom. The van der Waals surface area contributed by atoms with Gasteiger partial charge < -0.3 is 10.3 Å². The maximum Gasteiger partial charge on any atom is 0.164 e. The Hall–Kier alpha value is -8.41. The third kappa shape index (κ3) is 6.78. The van der Waals surface area contributed by atoms with Crippen molar-refractivity contribution < 1.29 is 0 Å². The van der Waals surface area contributed by atoms with Crippen LogP contribution in [0.1, 0.15) is 0 Å². The minimum atomic E-state index is 0.587. The van der Waals surface area contributed by atoms with E-state index in [0.29, 0.717) is 17.5 Å². The topological polar surface area (TPSA) is 69.6 Å². The van der Waals surface area contributed by atoms with Gasteiger partial charge in [-0.1, -0.05) is 182 Å². The van der Waals surface area contributed by atoms with Crippen LogP contribution < -0.4 is 5.73 Å². The first-order chi connectivity index (χ1) is 30.6. The highest BCUT2D eigenvalue weighted by Crippen LogP contribution is 2.44. The molecule has 0 amide bonds. The van der Waals surface area contributed by atoms with Crippen molar-refractivity contribution in [3.8, 4) is 84.4 Å². The summed E-state index contributed by atoms with van der Waals surface area (Å²) in [6.07, 6.45) is 0. The lowest BCUT2D eigenvalue weighted by Crippen LogP contribution is -2.04. The number of anilines is 1. The number of nitrogens with two attached hydrogens (primary N) is 1. The average Bonchev–Trinajstić information content (AvgIpc) is 3.67. The van der Waals surface area contributed by atoms with Crippen LogP contribution in [-0.4, -0.2) is 19.5 Å². The number of fused-ring (bicyclic) bond motifs is 3. The molecule has 0 unspecified atom stereocenters. The van der Waals surface area contributed by atoms with Crippen molar-refractivity contribution in [1.82, 2.24) is 19.5 Å². The van der Waals surface area contributed by atoms with Crippen LogP contribution >= 0.6 is 0 Å². The van der Waals surface area contributed by atoms with Crippen LogP contribution in [0.25, 0.3) is 106 Å². The molecule has 11 rings (SSSR count). The van der Waals surface area contributed by atoms with Crippen molar-refractivity contribution in [3.63, 3.8) is 0 Å². The van der Waals surface area contributed by atoms with Gasteiger partial charge in [0, 0.05) is 44.3 Å². The van der Waals surface area contributed by atoms with Crippen molar-refractivity contribution >= 4 is 27.5 Å². The first kappa shape index (κ1) is 36.7. The summed E-state index contributed by atoms with van der Waals surface area (Å²) in [6.45, 7) is 0. The number of rotatable bonds is 8. The molecule has 5 heteroatoms. The van der Waals surface area contributed by atoms with Gasteiger partial charge in [-0.05, 0) is 75.8 Å². The first-order valence-electron chi connectivity index (χ1n) is 20.8. The number of hydrogen-bond acceptors (Lipinski definition) is 4. The Bertz CT molecular complexity index is 3300. The number of nitrogens with zero attached hydrogens (tertiary/aromatic N) is 4. The van der Waals surface area contributed by atoms with Crippen molar-refractivity contribution in [1.29, 1.82) is 0 Å². The normalized spacial score (nSPS) is 11.3. The Labute approximate surface area is 360 Å². The summed E-state index contributed by atoms with van der Waals surface area (Å²) >= 11 is 0. The van der Waals surface area contributed by atoms with Gasteiger partial charge in [0.15, 0.2) is 17.5 Å². The summed E-state index contributed by atoms with van der Waals surface area (Å²) in [5.41, 5.74) is 22.0. The molecule has 2 heterocycles. The smallest absolute Gasteiger partial charge is 0.164 e. The second-order valence-electron chi connectivity index (χ2n) is 15.5. The van der Waals surface area contributed by atoms with E-state index in [1.807, 2.05) is 42.5 Å². The van der Waals surface area contributed by atoms with Gasteiger partial charge in [0.1, 0.15) is 0 Å². The zero-order valence-corrected chi connectivity index (χ0v) is 33.7. The number of benzene rings is 9. The highest BCUT2D eigenvalue weighted by atomic mass is 15.0. The summed E-state index contributed by atoms with van der Waals surface area (Å²) in [4.78, 5) is 15.6. The molecule has 0 atom stereocenters. The van der Waals surface area contributed by atoms with Crippen molar-refractivity contribution in [2.24, 2.45) is 0 Å². The minimum Gasteiger partial charge on any atom is -0.399 e. The van der Waals surface area contributed by atoms with Crippen LogP contribution in [0.15, 0.2) is 224 Å². The van der Waals surface area contributed by atoms with Crippen LogP contribution in [-0.2, 0) is 0 Å². The van der Waals surface area contributed by atoms with E-state index in [2.05, 4.69) is 187 Å². The van der Waals surface area contributed by atoms with E-state index >= 15 is 0 Å². The minimum absolute atomic E-state index is 0.587. The SMILES string of the molecule is Nc1ccc2c(c1)c1cc(-c3ccccc3)ccc1n2-c1c(-c2ccccc2)cc(-c2nc(-c3ccccc3)nc(-c3ccc(-c4ccccc4)cc3)n2)cc1-c1ccccc1. The standard InChI is InChI=1S/C57H39N5/c58-47-31-33-53-51(37-47)50-34-45(39-18-8-2-9-19-39)30-32-52(50)62(53)54-48(41-20-10-3-11-21-41)35-46(36-49(54)42-22-12-4-13-23-42)57-60-55(43-24-14-5-15-25-43)59-56(61-57)44-28-26-40(27-29-44)38-16-6-1-7-17-38/h1-37H,58H2. The third-order valence-electron chi connectivity index (χ3n) is 11.6. The van der Waals surface area contributed by atoms with Crippen LogP contribution in [0.2, 0.25) is 0 Å². The van der Waals surface area contributed by atoms with Gasteiger partial charge in [-0.3, -0.25) is 0 Å². The molecule has 0 bridgehead atoms. The molecule has 5 nitrogen and oxygen atoms in total. The molecule has 2 N–H and O–H groups in total. The third-order valence-corrected chi connectivity index (χ3v) is 11.6. The molecule has 0 aliphatic heterocycles. The lowest BCUT2D eigenvalue weighted by molar-refractivity contribution is 1.07. The molecule has 0 spiro atoms. The highest BCUT2D eigenvalue weighted by molar-refractivity contribution is 6.12. The molecule has 0 saturated carbocycles. The molecule has 0 saturated heterocycles. The quantitative estimate of drug-likeness (QED) is 0.156. The lowest BCUT2D eigenvalue weighted by Gasteiger charge is -2.21. The fourth-order valence-electron chi connectivity index (χ4n) is 8.56. The molecule has 62 heavy (non-hydrogen) atoms. The van der Waals surface area contributed by atoms with E-state index in [9.17, 15) is 0 Å². The Kier molecular flexibility index (Phi) is 9.25. The molecule has 0 radical (unpaired) electrons. The monoisotopic (exact) mass is 793 g/mol. The maximum absolute atomic E-state index is 6.55. The second kappa shape index (κ2) is 15.6. The van der Waals surface area contributed by atoms with Gasteiger partial charge in [0.2, 0.25) is 0 Å². The average molecular weight is 794 g/mol. The van der Waals surface area contributed by atoms with Crippen LogP contribution in [0.3, 0.4) is 0 Å².